The summed E-state index contributed by atoms with van der Waals surface area (Å²) in [5.74, 6) is 1.19. The minimum absolute atomic E-state index is 0.185. The Morgan fingerprint density at radius 1 is 1.17 bits per heavy atom. The number of aromatic nitrogens is 2. The zero-order valence-electron chi connectivity index (χ0n) is 17.9. The first-order valence-corrected chi connectivity index (χ1v) is 10.2. The number of rotatable bonds is 8. The monoisotopic (exact) mass is 414 g/mol. The van der Waals surface area contributed by atoms with Crippen molar-refractivity contribution >= 4 is 11.7 Å². The van der Waals surface area contributed by atoms with Gasteiger partial charge in [-0.25, -0.2) is 9.97 Å². The van der Waals surface area contributed by atoms with Gasteiger partial charge in [0.2, 0.25) is 5.88 Å². The lowest BCUT2D eigenvalue weighted by molar-refractivity contribution is -0.0168. The fourth-order valence-corrected chi connectivity index (χ4v) is 2.91. The molecule has 0 aliphatic carbocycles. The molecule has 0 atom stereocenters. The van der Waals surface area contributed by atoms with E-state index in [4.69, 9.17) is 14.2 Å². The molecule has 1 N–H and O–H groups in total. The molecule has 8 heteroatoms. The molecule has 0 bridgehead atoms. The van der Waals surface area contributed by atoms with Gasteiger partial charge < -0.3 is 24.4 Å². The predicted molar refractivity (Wildman–Crippen MR) is 114 cm³/mol. The van der Waals surface area contributed by atoms with Crippen molar-refractivity contribution in [3.63, 3.8) is 0 Å². The zero-order valence-corrected chi connectivity index (χ0v) is 17.9. The van der Waals surface area contributed by atoms with E-state index in [2.05, 4.69) is 20.2 Å². The maximum Gasteiger partial charge on any atom is 0.253 e. The summed E-state index contributed by atoms with van der Waals surface area (Å²) in [4.78, 5) is 23.2. The van der Waals surface area contributed by atoms with Crippen LogP contribution in [0.5, 0.6) is 5.88 Å². The van der Waals surface area contributed by atoms with Gasteiger partial charge in [-0.15, -0.1) is 0 Å². The van der Waals surface area contributed by atoms with Crippen LogP contribution in [0.2, 0.25) is 0 Å². The number of pyridine rings is 2. The molecule has 8 nitrogen and oxygen atoms in total. The van der Waals surface area contributed by atoms with E-state index >= 15 is 0 Å². The summed E-state index contributed by atoms with van der Waals surface area (Å²) in [6.07, 6.45) is 3.28. The number of nitrogens with one attached hydrogen (secondary N) is 1. The molecular weight excluding hydrogens is 384 g/mol. The highest BCUT2D eigenvalue weighted by molar-refractivity contribution is 5.93. The third-order valence-corrected chi connectivity index (χ3v) is 4.46. The van der Waals surface area contributed by atoms with Gasteiger partial charge in [-0.3, -0.25) is 4.79 Å². The molecule has 3 heterocycles. The normalized spacial score (nSPS) is 14.4. The van der Waals surface area contributed by atoms with Gasteiger partial charge in [-0.05, 0) is 44.5 Å². The first-order valence-electron chi connectivity index (χ1n) is 10.2. The minimum Gasteiger partial charge on any atom is -0.475 e. The Labute approximate surface area is 177 Å². The molecule has 0 radical (unpaired) electrons. The fraction of sp³-hybridized carbons (Fsp3) is 0.500. The van der Waals surface area contributed by atoms with Crippen molar-refractivity contribution < 1.29 is 19.0 Å². The Kier molecular flexibility index (Phi) is 7.59. The van der Waals surface area contributed by atoms with Gasteiger partial charge in [0.1, 0.15) is 12.4 Å². The van der Waals surface area contributed by atoms with E-state index in [1.165, 1.54) is 6.20 Å². The van der Waals surface area contributed by atoms with Crippen molar-refractivity contribution in [1.29, 1.82) is 0 Å². The Bertz CT molecular complexity index is 815. The Balaban J connectivity index is 1.47. The van der Waals surface area contributed by atoms with Gasteiger partial charge >= 0.3 is 0 Å². The molecule has 0 saturated carbocycles. The second-order valence-corrected chi connectivity index (χ2v) is 8.00. The summed E-state index contributed by atoms with van der Waals surface area (Å²) < 4.78 is 16.5. The van der Waals surface area contributed by atoms with Crippen molar-refractivity contribution in [2.24, 2.45) is 0 Å². The van der Waals surface area contributed by atoms with Gasteiger partial charge in [0, 0.05) is 38.1 Å². The van der Waals surface area contributed by atoms with Gasteiger partial charge in [0.05, 0.1) is 31.0 Å². The number of carbonyl (C=O) groups excluding carboxylic acids is 1. The highest BCUT2D eigenvalue weighted by atomic mass is 16.5. The van der Waals surface area contributed by atoms with Gasteiger partial charge in [-0.2, -0.15) is 0 Å². The summed E-state index contributed by atoms with van der Waals surface area (Å²) in [5.41, 5.74) is 1.28. The predicted octanol–water partition coefficient (Wildman–Crippen LogP) is 2.44. The van der Waals surface area contributed by atoms with Crippen LogP contribution in [0.1, 0.15) is 36.7 Å². The number of carbonyl (C=O) groups is 1. The molecule has 0 aromatic carbocycles. The third kappa shape index (κ3) is 6.96. The molecule has 0 spiro atoms. The SMILES string of the molecule is CC(C)(C)OCCOc1ccc(C(=O)NCc2ccnc(N3CCOCC3)c2)cn1. The summed E-state index contributed by atoms with van der Waals surface area (Å²) in [7, 11) is 0. The second-order valence-electron chi connectivity index (χ2n) is 8.00. The smallest absolute Gasteiger partial charge is 0.253 e. The van der Waals surface area contributed by atoms with Gasteiger partial charge in [0.25, 0.3) is 5.91 Å². The molecule has 1 saturated heterocycles. The van der Waals surface area contributed by atoms with Gasteiger partial charge in [0.15, 0.2) is 0 Å². The number of hydrogen-bond donors (Lipinski definition) is 1. The van der Waals surface area contributed by atoms with E-state index in [1.807, 2.05) is 32.9 Å². The molecule has 1 aliphatic rings. The molecule has 2 aromatic heterocycles. The Hall–Kier alpha value is -2.71. The molecule has 1 amide bonds. The summed E-state index contributed by atoms with van der Waals surface area (Å²) >= 11 is 0. The number of morpholine rings is 1. The molecule has 1 aliphatic heterocycles. The van der Waals surface area contributed by atoms with Crippen LogP contribution in [0.4, 0.5) is 5.82 Å². The number of nitrogens with zero attached hydrogens (tertiary/aromatic N) is 3. The molecule has 1 fully saturated rings. The van der Waals surface area contributed by atoms with Crippen LogP contribution >= 0.6 is 0 Å². The number of amides is 1. The summed E-state index contributed by atoms with van der Waals surface area (Å²) in [6, 6.07) is 7.29. The van der Waals surface area contributed by atoms with E-state index in [0.29, 0.717) is 44.4 Å². The third-order valence-electron chi connectivity index (χ3n) is 4.46. The van der Waals surface area contributed by atoms with Crippen LogP contribution in [0.15, 0.2) is 36.7 Å². The largest absolute Gasteiger partial charge is 0.475 e. The number of hydrogen-bond acceptors (Lipinski definition) is 7. The first kappa shape index (κ1) is 22.0. The first-order chi connectivity index (χ1) is 14.4. The molecule has 0 unspecified atom stereocenters. The lowest BCUT2D eigenvalue weighted by Gasteiger charge is -2.28. The van der Waals surface area contributed by atoms with Crippen molar-refractivity contribution in [2.45, 2.75) is 32.9 Å². The van der Waals surface area contributed by atoms with Crippen LogP contribution in [0, 0.1) is 0 Å². The van der Waals surface area contributed by atoms with Crippen LogP contribution in [0.3, 0.4) is 0 Å². The van der Waals surface area contributed by atoms with E-state index in [9.17, 15) is 4.79 Å². The maximum absolute atomic E-state index is 12.4. The van der Waals surface area contributed by atoms with Crippen LogP contribution in [-0.4, -0.2) is 61.0 Å². The molecular formula is C22H30N4O4. The Morgan fingerprint density at radius 2 is 1.97 bits per heavy atom. The molecule has 162 valence electrons. The number of anilines is 1. The highest BCUT2D eigenvalue weighted by Gasteiger charge is 2.13. The van der Waals surface area contributed by atoms with Crippen molar-refractivity contribution in [2.75, 3.05) is 44.4 Å². The van der Waals surface area contributed by atoms with E-state index < -0.39 is 0 Å². The fourth-order valence-electron chi connectivity index (χ4n) is 2.91. The van der Waals surface area contributed by atoms with Crippen LogP contribution < -0.4 is 15.0 Å². The standard InChI is InChI=1S/C22H30N4O4/c1-22(2,3)30-13-12-29-20-5-4-18(16-24-20)21(27)25-15-17-6-7-23-19(14-17)26-8-10-28-11-9-26/h4-7,14,16H,8-13,15H2,1-3H3,(H,25,27). The average molecular weight is 415 g/mol. The van der Waals surface area contributed by atoms with Gasteiger partial charge in [-0.1, -0.05) is 0 Å². The number of ether oxygens (including phenoxy) is 3. The quantitative estimate of drug-likeness (QED) is 0.664. The molecule has 30 heavy (non-hydrogen) atoms. The van der Waals surface area contributed by atoms with E-state index in [0.717, 1.165) is 24.5 Å². The van der Waals surface area contributed by atoms with Crippen molar-refractivity contribution in [1.82, 2.24) is 15.3 Å². The second kappa shape index (κ2) is 10.4. The van der Waals surface area contributed by atoms with Crippen LogP contribution in [-0.2, 0) is 16.0 Å². The van der Waals surface area contributed by atoms with Crippen LogP contribution in [0.25, 0.3) is 0 Å². The lowest BCUT2D eigenvalue weighted by Crippen LogP contribution is -2.36. The average Bonchev–Trinajstić information content (AvgIpc) is 2.76. The van der Waals surface area contributed by atoms with E-state index in [1.54, 1.807) is 18.3 Å². The maximum atomic E-state index is 12.4. The zero-order chi connectivity index (χ0) is 21.4. The summed E-state index contributed by atoms with van der Waals surface area (Å²) in [5, 5.41) is 2.92. The Morgan fingerprint density at radius 3 is 2.67 bits per heavy atom. The van der Waals surface area contributed by atoms with Crippen molar-refractivity contribution in [3.05, 3.63) is 47.8 Å². The van der Waals surface area contributed by atoms with E-state index in [-0.39, 0.29) is 11.5 Å². The topological polar surface area (TPSA) is 85.8 Å². The summed E-state index contributed by atoms with van der Waals surface area (Å²) in [6.45, 7) is 10.3. The van der Waals surface area contributed by atoms with Crippen molar-refractivity contribution in [3.8, 4) is 5.88 Å². The molecule has 2 aromatic rings. The lowest BCUT2D eigenvalue weighted by atomic mass is 10.2. The minimum atomic E-state index is -0.198. The molecule has 3 rings (SSSR count). The highest BCUT2D eigenvalue weighted by Crippen LogP contribution is 2.15.